The fraction of sp³-hybridized carbons (Fsp3) is 0.0769. The highest BCUT2D eigenvalue weighted by molar-refractivity contribution is 9.10. The molecule has 0 amide bonds. The van der Waals surface area contributed by atoms with Crippen LogP contribution in [-0.2, 0) is 6.61 Å². The van der Waals surface area contributed by atoms with E-state index in [2.05, 4.69) is 15.9 Å². The highest BCUT2D eigenvalue weighted by Crippen LogP contribution is 2.29. The lowest BCUT2D eigenvalue weighted by Gasteiger charge is -2.11. The first-order chi connectivity index (χ1) is 8.97. The SMILES string of the molecule is Nc1cc(Br)c(F)cc1OCc1cc(F)ccc1Cl. The van der Waals surface area contributed by atoms with E-state index in [0.717, 1.165) is 6.07 Å². The summed E-state index contributed by atoms with van der Waals surface area (Å²) >= 11 is 8.92. The van der Waals surface area contributed by atoms with Crippen molar-refractivity contribution in [2.24, 2.45) is 0 Å². The molecule has 2 N–H and O–H groups in total. The second kappa shape index (κ2) is 5.75. The molecule has 0 saturated carbocycles. The third kappa shape index (κ3) is 3.36. The Morgan fingerprint density at radius 3 is 2.68 bits per heavy atom. The molecule has 6 heteroatoms. The van der Waals surface area contributed by atoms with Gasteiger partial charge in [0.1, 0.15) is 24.0 Å². The molecule has 2 nitrogen and oxygen atoms in total. The van der Waals surface area contributed by atoms with Gasteiger partial charge >= 0.3 is 0 Å². The molecular weight excluding hydrogens is 340 g/mol. The monoisotopic (exact) mass is 347 g/mol. The van der Waals surface area contributed by atoms with Crippen LogP contribution in [-0.4, -0.2) is 0 Å². The van der Waals surface area contributed by atoms with Crippen LogP contribution in [0.3, 0.4) is 0 Å². The molecule has 0 radical (unpaired) electrons. The summed E-state index contributed by atoms with van der Waals surface area (Å²) in [5.41, 5.74) is 6.43. The normalized spacial score (nSPS) is 10.5. The van der Waals surface area contributed by atoms with Gasteiger partial charge in [-0.05, 0) is 40.2 Å². The molecule has 19 heavy (non-hydrogen) atoms. The number of halogens is 4. The molecule has 0 aliphatic rings. The van der Waals surface area contributed by atoms with E-state index >= 15 is 0 Å². The Kier molecular flexibility index (Phi) is 4.27. The smallest absolute Gasteiger partial charge is 0.145 e. The van der Waals surface area contributed by atoms with E-state index < -0.39 is 11.6 Å². The van der Waals surface area contributed by atoms with Gasteiger partial charge in [0.05, 0.1) is 10.2 Å². The Bertz CT molecular complexity index is 622. The second-order valence-electron chi connectivity index (χ2n) is 3.83. The predicted molar refractivity (Wildman–Crippen MR) is 74.3 cm³/mol. The molecule has 0 spiro atoms. The van der Waals surface area contributed by atoms with Crippen molar-refractivity contribution in [3.63, 3.8) is 0 Å². The minimum Gasteiger partial charge on any atom is -0.487 e. The number of anilines is 1. The lowest BCUT2D eigenvalue weighted by molar-refractivity contribution is 0.305. The summed E-state index contributed by atoms with van der Waals surface area (Å²) in [5, 5.41) is 0.373. The Balaban J connectivity index is 2.19. The quantitative estimate of drug-likeness (QED) is 0.826. The van der Waals surface area contributed by atoms with Crippen LogP contribution < -0.4 is 10.5 Å². The summed E-state index contributed by atoms with van der Waals surface area (Å²) in [6.45, 7) is 0.00185. The van der Waals surface area contributed by atoms with Crippen molar-refractivity contribution in [3.05, 3.63) is 57.0 Å². The standard InChI is InChI=1S/C13H9BrClF2NO/c14-9-4-12(18)13(5-11(9)17)19-6-7-3-8(16)1-2-10(7)15/h1-5H,6,18H2. The fourth-order valence-electron chi connectivity index (χ4n) is 1.48. The Morgan fingerprint density at radius 2 is 1.95 bits per heavy atom. The largest absolute Gasteiger partial charge is 0.487 e. The van der Waals surface area contributed by atoms with Crippen LogP contribution in [0, 0.1) is 11.6 Å². The van der Waals surface area contributed by atoms with Gasteiger partial charge in [-0.1, -0.05) is 11.6 Å². The Labute approximate surface area is 122 Å². The first kappa shape index (κ1) is 14.1. The lowest BCUT2D eigenvalue weighted by Crippen LogP contribution is -2.01. The van der Waals surface area contributed by atoms with Crippen molar-refractivity contribution >= 4 is 33.2 Å². The van der Waals surface area contributed by atoms with Gasteiger partial charge in [-0.3, -0.25) is 0 Å². The molecule has 0 unspecified atom stereocenters. The Hall–Kier alpha value is -1.33. The molecular formula is C13H9BrClF2NO. The van der Waals surface area contributed by atoms with Crippen LogP contribution in [0.5, 0.6) is 5.75 Å². The van der Waals surface area contributed by atoms with E-state index in [1.807, 2.05) is 0 Å². The van der Waals surface area contributed by atoms with E-state index in [4.69, 9.17) is 22.1 Å². The van der Waals surface area contributed by atoms with Crippen molar-refractivity contribution < 1.29 is 13.5 Å². The molecule has 0 aliphatic carbocycles. The van der Waals surface area contributed by atoms with Crippen LogP contribution in [0.1, 0.15) is 5.56 Å². The molecule has 0 saturated heterocycles. The number of rotatable bonds is 3. The molecule has 0 atom stereocenters. The third-order valence-electron chi connectivity index (χ3n) is 2.44. The van der Waals surface area contributed by atoms with Gasteiger partial charge in [0.2, 0.25) is 0 Å². The van der Waals surface area contributed by atoms with Crippen molar-refractivity contribution in [2.75, 3.05) is 5.73 Å². The summed E-state index contributed by atoms with van der Waals surface area (Å²) in [6, 6.07) is 6.50. The van der Waals surface area contributed by atoms with E-state index in [9.17, 15) is 8.78 Å². The van der Waals surface area contributed by atoms with Crippen molar-refractivity contribution in [3.8, 4) is 5.75 Å². The first-order valence-electron chi connectivity index (χ1n) is 5.28. The van der Waals surface area contributed by atoms with Crippen LogP contribution in [0.15, 0.2) is 34.8 Å². The van der Waals surface area contributed by atoms with Gasteiger partial charge in [0, 0.05) is 16.7 Å². The maximum atomic E-state index is 13.4. The van der Waals surface area contributed by atoms with E-state index in [1.165, 1.54) is 24.3 Å². The van der Waals surface area contributed by atoms with Crippen LogP contribution in [0.25, 0.3) is 0 Å². The highest BCUT2D eigenvalue weighted by atomic mass is 79.9. The summed E-state index contributed by atoms with van der Waals surface area (Å²) in [4.78, 5) is 0. The maximum absolute atomic E-state index is 13.4. The summed E-state index contributed by atoms with van der Waals surface area (Å²) < 4.78 is 32.0. The van der Waals surface area contributed by atoms with Crippen molar-refractivity contribution in [1.29, 1.82) is 0 Å². The second-order valence-corrected chi connectivity index (χ2v) is 5.09. The van der Waals surface area contributed by atoms with Crippen molar-refractivity contribution in [1.82, 2.24) is 0 Å². The number of nitrogens with two attached hydrogens (primary N) is 1. The summed E-state index contributed by atoms with van der Waals surface area (Å²) in [6.07, 6.45) is 0. The molecule has 0 fully saturated rings. The number of nitrogen functional groups attached to an aromatic ring is 1. The lowest BCUT2D eigenvalue weighted by atomic mass is 10.2. The van der Waals surface area contributed by atoms with Gasteiger partial charge in [-0.2, -0.15) is 0 Å². The molecule has 0 aromatic heterocycles. The summed E-state index contributed by atoms with van der Waals surface area (Å²) in [7, 11) is 0. The van der Waals surface area contributed by atoms with Crippen LogP contribution >= 0.6 is 27.5 Å². The number of hydrogen-bond acceptors (Lipinski definition) is 2. The van der Waals surface area contributed by atoms with E-state index in [1.54, 1.807) is 0 Å². The third-order valence-corrected chi connectivity index (χ3v) is 3.42. The van der Waals surface area contributed by atoms with Gasteiger partial charge in [0.15, 0.2) is 0 Å². The van der Waals surface area contributed by atoms with Gasteiger partial charge in [-0.15, -0.1) is 0 Å². The molecule has 2 aromatic carbocycles. The van der Waals surface area contributed by atoms with Crippen LogP contribution in [0.2, 0.25) is 5.02 Å². The van der Waals surface area contributed by atoms with E-state index in [-0.39, 0.29) is 22.5 Å². The number of hydrogen-bond donors (Lipinski definition) is 1. The zero-order valence-electron chi connectivity index (χ0n) is 9.59. The zero-order valence-corrected chi connectivity index (χ0v) is 11.9. The molecule has 2 rings (SSSR count). The topological polar surface area (TPSA) is 35.2 Å². The molecule has 2 aromatic rings. The van der Waals surface area contributed by atoms with Crippen molar-refractivity contribution in [2.45, 2.75) is 6.61 Å². The van der Waals surface area contributed by atoms with Gasteiger partial charge in [-0.25, -0.2) is 8.78 Å². The minimum atomic E-state index is -0.491. The Morgan fingerprint density at radius 1 is 1.21 bits per heavy atom. The molecule has 0 bridgehead atoms. The predicted octanol–water partition coefficient (Wildman–Crippen LogP) is 4.54. The first-order valence-corrected chi connectivity index (χ1v) is 6.45. The minimum absolute atomic E-state index is 0.00185. The van der Waals surface area contributed by atoms with Crippen LogP contribution in [0.4, 0.5) is 14.5 Å². The molecule has 0 heterocycles. The fourth-order valence-corrected chi connectivity index (χ4v) is 2.01. The number of ether oxygens (including phenoxy) is 1. The highest BCUT2D eigenvalue weighted by Gasteiger charge is 2.09. The maximum Gasteiger partial charge on any atom is 0.145 e. The number of benzene rings is 2. The molecule has 100 valence electrons. The van der Waals surface area contributed by atoms with E-state index in [0.29, 0.717) is 10.6 Å². The molecule has 0 aliphatic heterocycles. The zero-order chi connectivity index (χ0) is 14.0. The van der Waals surface area contributed by atoms with Gasteiger partial charge in [0.25, 0.3) is 0 Å². The average Bonchev–Trinajstić information content (AvgIpc) is 2.36. The average molecular weight is 349 g/mol. The van der Waals surface area contributed by atoms with Gasteiger partial charge < -0.3 is 10.5 Å². The summed E-state index contributed by atoms with van der Waals surface area (Å²) in [5.74, 6) is -0.728.